The normalized spacial score (nSPS) is 24.8. The average Bonchev–Trinajstić information content (AvgIpc) is 2.35. The number of aliphatic carboxylic acids is 1. The molecule has 3 N–H and O–H groups in total. The molecule has 1 unspecified atom stereocenters. The van der Waals surface area contributed by atoms with Crippen LogP contribution in [0.25, 0.3) is 0 Å². The van der Waals surface area contributed by atoms with Crippen LogP contribution in [0.3, 0.4) is 0 Å². The third kappa shape index (κ3) is 5.39. The monoisotopic (exact) mass is 284 g/mol. The van der Waals surface area contributed by atoms with E-state index in [9.17, 15) is 9.59 Å². The Kier molecular flexibility index (Phi) is 5.84. The summed E-state index contributed by atoms with van der Waals surface area (Å²) >= 11 is 0. The topological polar surface area (TPSA) is 78.4 Å². The fraction of sp³-hybridized carbons (Fsp3) is 0.867. The Bertz CT molecular complexity index is 342. The van der Waals surface area contributed by atoms with Crippen LogP contribution in [0.5, 0.6) is 0 Å². The van der Waals surface area contributed by atoms with Crippen molar-refractivity contribution in [3.05, 3.63) is 0 Å². The number of amides is 2. The average molecular weight is 284 g/mol. The molecule has 1 aliphatic rings. The molecule has 5 heteroatoms. The fourth-order valence-electron chi connectivity index (χ4n) is 2.31. The zero-order valence-corrected chi connectivity index (χ0v) is 13.0. The third-order valence-electron chi connectivity index (χ3n) is 4.39. The van der Waals surface area contributed by atoms with Crippen LogP contribution in [-0.4, -0.2) is 29.7 Å². The number of carbonyl (C=O) groups excluding carboxylic acids is 1. The summed E-state index contributed by atoms with van der Waals surface area (Å²) in [6.45, 7) is 8.90. The molecule has 0 spiro atoms. The number of carboxylic acid groups (broad SMARTS) is 1. The van der Waals surface area contributed by atoms with Gasteiger partial charge in [0.1, 0.15) is 0 Å². The van der Waals surface area contributed by atoms with E-state index in [1.807, 2.05) is 6.92 Å². The standard InChI is InChI=1S/C15H28N2O3/c1-10(15(2,3)4)17-14(20)16-9-11-5-7-12(8-6-11)13(18)19/h10-12H,5-9H2,1-4H3,(H,18,19)(H2,16,17,20). The van der Waals surface area contributed by atoms with E-state index in [2.05, 4.69) is 31.4 Å². The second kappa shape index (κ2) is 6.95. The van der Waals surface area contributed by atoms with Gasteiger partial charge >= 0.3 is 12.0 Å². The maximum absolute atomic E-state index is 11.8. The minimum Gasteiger partial charge on any atom is -0.481 e. The Balaban J connectivity index is 2.24. The van der Waals surface area contributed by atoms with E-state index < -0.39 is 5.97 Å². The molecule has 5 nitrogen and oxygen atoms in total. The van der Waals surface area contributed by atoms with Gasteiger partial charge in [-0.15, -0.1) is 0 Å². The van der Waals surface area contributed by atoms with Crippen LogP contribution < -0.4 is 10.6 Å². The zero-order valence-electron chi connectivity index (χ0n) is 13.0. The molecular formula is C15H28N2O3. The number of carbonyl (C=O) groups is 2. The first kappa shape index (κ1) is 16.8. The van der Waals surface area contributed by atoms with E-state index in [0.29, 0.717) is 12.5 Å². The molecule has 1 aliphatic carbocycles. The summed E-state index contributed by atoms with van der Waals surface area (Å²) in [6.07, 6.45) is 3.21. The van der Waals surface area contributed by atoms with Gasteiger partial charge in [0.25, 0.3) is 0 Å². The molecule has 0 aliphatic heterocycles. The van der Waals surface area contributed by atoms with E-state index >= 15 is 0 Å². The van der Waals surface area contributed by atoms with Crippen LogP contribution in [0.2, 0.25) is 0 Å². The minimum absolute atomic E-state index is 0.0386. The number of rotatable bonds is 4. The zero-order chi connectivity index (χ0) is 15.3. The maximum Gasteiger partial charge on any atom is 0.315 e. The second-order valence-electron chi connectivity index (χ2n) is 7.00. The van der Waals surface area contributed by atoms with Crippen LogP contribution in [0.15, 0.2) is 0 Å². The van der Waals surface area contributed by atoms with Gasteiger partial charge in [0, 0.05) is 12.6 Å². The van der Waals surface area contributed by atoms with E-state index in [1.165, 1.54) is 0 Å². The van der Waals surface area contributed by atoms with Crippen molar-refractivity contribution < 1.29 is 14.7 Å². The first-order chi connectivity index (χ1) is 9.20. The highest BCUT2D eigenvalue weighted by Crippen LogP contribution is 2.28. The molecule has 0 bridgehead atoms. The predicted molar refractivity (Wildman–Crippen MR) is 78.5 cm³/mol. The van der Waals surface area contributed by atoms with Crippen LogP contribution >= 0.6 is 0 Å². The second-order valence-corrected chi connectivity index (χ2v) is 7.00. The van der Waals surface area contributed by atoms with Crippen molar-refractivity contribution in [2.75, 3.05) is 6.54 Å². The molecule has 1 fully saturated rings. The van der Waals surface area contributed by atoms with Crippen LogP contribution in [0.4, 0.5) is 4.79 Å². The molecular weight excluding hydrogens is 256 g/mol. The lowest BCUT2D eigenvalue weighted by atomic mass is 9.82. The highest BCUT2D eigenvalue weighted by molar-refractivity contribution is 5.74. The summed E-state index contributed by atoms with van der Waals surface area (Å²) in [7, 11) is 0. The van der Waals surface area contributed by atoms with Crippen LogP contribution in [0, 0.1) is 17.3 Å². The summed E-state index contributed by atoms with van der Waals surface area (Å²) in [5.74, 6) is -0.476. The van der Waals surface area contributed by atoms with Crippen LogP contribution in [0.1, 0.15) is 53.4 Å². The van der Waals surface area contributed by atoms with Gasteiger partial charge in [-0.3, -0.25) is 4.79 Å². The summed E-state index contributed by atoms with van der Waals surface area (Å²) < 4.78 is 0. The van der Waals surface area contributed by atoms with Gasteiger partial charge in [-0.2, -0.15) is 0 Å². The Morgan fingerprint density at radius 2 is 1.75 bits per heavy atom. The summed E-state index contributed by atoms with van der Waals surface area (Å²) in [5, 5.41) is 14.8. The van der Waals surface area contributed by atoms with Crippen molar-refractivity contribution in [1.82, 2.24) is 10.6 Å². The molecule has 20 heavy (non-hydrogen) atoms. The first-order valence-corrected chi connectivity index (χ1v) is 7.47. The van der Waals surface area contributed by atoms with E-state index in [4.69, 9.17) is 5.11 Å². The SMILES string of the molecule is CC(NC(=O)NCC1CCC(C(=O)O)CC1)C(C)(C)C. The number of carboxylic acids is 1. The Morgan fingerprint density at radius 1 is 1.20 bits per heavy atom. The molecule has 1 saturated carbocycles. The molecule has 0 saturated heterocycles. The van der Waals surface area contributed by atoms with Gasteiger partial charge in [-0.1, -0.05) is 20.8 Å². The van der Waals surface area contributed by atoms with Crippen LogP contribution in [-0.2, 0) is 4.79 Å². The first-order valence-electron chi connectivity index (χ1n) is 7.47. The largest absolute Gasteiger partial charge is 0.481 e. The summed E-state index contributed by atoms with van der Waals surface area (Å²) in [5.41, 5.74) is 0.0386. The third-order valence-corrected chi connectivity index (χ3v) is 4.39. The molecule has 1 rings (SSSR count). The molecule has 2 amide bonds. The minimum atomic E-state index is -0.687. The van der Waals surface area contributed by atoms with Gasteiger partial charge < -0.3 is 15.7 Å². The molecule has 0 aromatic rings. The smallest absolute Gasteiger partial charge is 0.315 e. The number of hydrogen-bond donors (Lipinski definition) is 3. The van der Waals surface area contributed by atoms with Gasteiger partial charge in [-0.25, -0.2) is 4.79 Å². The van der Waals surface area contributed by atoms with Crippen molar-refractivity contribution >= 4 is 12.0 Å². The predicted octanol–water partition coefficient (Wildman–Crippen LogP) is 2.61. The number of hydrogen-bond acceptors (Lipinski definition) is 2. The van der Waals surface area contributed by atoms with Crippen molar-refractivity contribution in [2.45, 2.75) is 59.4 Å². The number of nitrogens with one attached hydrogen (secondary N) is 2. The van der Waals surface area contributed by atoms with E-state index in [1.54, 1.807) is 0 Å². The van der Waals surface area contributed by atoms with Gasteiger partial charge in [0.05, 0.1) is 5.92 Å². The number of urea groups is 1. The Morgan fingerprint density at radius 3 is 2.20 bits per heavy atom. The van der Waals surface area contributed by atoms with Crippen molar-refractivity contribution in [3.63, 3.8) is 0 Å². The molecule has 0 heterocycles. The summed E-state index contributed by atoms with van der Waals surface area (Å²) in [4.78, 5) is 22.7. The maximum atomic E-state index is 11.8. The van der Waals surface area contributed by atoms with E-state index in [-0.39, 0.29) is 23.4 Å². The molecule has 1 atom stereocenters. The van der Waals surface area contributed by atoms with Gasteiger partial charge in [0.15, 0.2) is 0 Å². The molecule has 0 aromatic carbocycles. The molecule has 0 aromatic heterocycles. The summed E-state index contributed by atoms with van der Waals surface area (Å²) in [6, 6.07) is -0.0296. The fourth-order valence-corrected chi connectivity index (χ4v) is 2.31. The lowest BCUT2D eigenvalue weighted by molar-refractivity contribution is -0.143. The van der Waals surface area contributed by atoms with Crippen molar-refractivity contribution in [2.24, 2.45) is 17.3 Å². The van der Waals surface area contributed by atoms with Crippen molar-refractivity contribution in [3.8, 4) is 0 Å². The molecule has 116 valence electrons. The quantitative estimate of drug-likeness (QED) is 0.742. The van der Waals surface area contributed by atoms with Gasteiger partial charge in [-0.05, 0) is 43.9 Å². The highest BCUT2D eigenvalue weighted by Gasteiger charge is 2.26. The van der Waals surface area contributed by atoms with Crippen molar-refractivity contribution in [1.29, 1.82) is 0 Å². The molecule has 0 radical (unpaired) electrons. The van der Waals surface area contributed by atoms with Gasteiger partial charge in [0.2, 0.25) is 0 Å². The lowest BCUT2D eigenvalue weighted by Gasteiger charge is -2.29. The van der Waals surface area contributed by atoms with E-state index in [0.717, 1.165) is 25.7 Å². The Hall–Kier alpha value is -1.26. The Labute approximate surface area is 121 Å². The lowest BCUT2D eigenvalue weighted by Crippen LogP contribution is -2.47. The highest BCUT2D eigenvalue weighted by atomic mass is 16.4.